The second-order valence-electron chi connectivity index (χ2n) is 4.28. The number of fused-ring (bicyclic) bond motifs is 2. The zero-order chi connectivity index (χ0) is 16.2. The molecule has 0 saturated carbocycles. The van der Waals surface area contributed by atoms with Gasteiger partial charge >= 0.3 is 0 Å². The van der Waals surface area contributed by atoms with Gasteiger partial charge in [-0.3, -0.25) is 4.79 Å². The molecule has 0 bridgehead atoms. The van der Waals surface area contributed by atoms with E-state index in [4.69, 9.17) is 10.8 Å². The van der Waals surface area contributed by atoms with Gasteiger partial charge in [-0.25, -0.2) is 24.9 Å². The minimum atomic E-state index is -0.620. The van der Waals surface area contributed by atoms with Crippen molar-refractivity contribution in [3.05, 3.63) is 30.9 Å². The van der Waals surface area contributed by atoms with E-state index in [9.17, 15) is 4.79 Å². The Bertz CT molecular complexity index is 931. The van der Waals surface area contributed by atoms with E-state index in [1.807, 2.05) is 0 Å². The highest BCUT2D eigenvalue weighted by atomic mass is 16.3. The highest BCUT2D eigenvalue weighted by Gasteiger charge is 2.14. The van der Waals surface area contributed by atoms with Gasteiger partial charge in [-0.2, -0.15) is 4.98 Å². The van der Waals surface area contributed by atoms with Crippen molar-refractivity contribution in [1.82, 2.24) is 39.9 Å². The molecule has 4 rings (SSSR count). The minimum Gasteiger partial charge on any atom is -0.388 e. The summed E-state index contributed by atoms with van der Waals surface area (Å²) in [6.07, 6.45) is 6.14. The summed E-state index contributed by atoms with van der Waals surface area (Å²) in [4.78, 5) is 39.8. The van der Waals surface area contributed by atoms with Crippen molar-refractivity contribution in [2.24, 2.45) is 0 Å². The topological polar surface area (TPSA) is 172 Å². The van der Waals surface area contributed by atoms with Crippen LogP contribution in [0.3, 0.4) is 0 Å². The average Bonchev–Trinajstić information content (AvgIpc) is 3.22. The van der Waals surface area contributed by atoms with Crippen LogP contribution in [0, 0.1) is 0 Å². The summed E-state index contributed by atoms with van der Waals surface area (Å²) in [6, 6.07) is 0. The summed E-state index contributed by atoms with van der Waals surface area (Å²) in [5.74, 6) is -0.560. The number of anilines is 1. The van der Waals surface area contributed by atoms with Crippen LogP contribution in [0.15, 0.2) is 25.2 Å². The summed E-state index contributed by atoms with van der Waals surface area (Å²) < 4.78 is 0. The van der Waals surface area contributed by atoms with E-state index in [2.05, 4.69) is 39.9 Å². The van der Waals surface area contributed by atoms with Crippen molar-refractivity contribution in [3.8, 4) is 0 Å². The van der Waals surface area contributed by atoms with Gasteiger partial charge in [-0.05, 0) is 0 Å². The zero-order valence-corrected chi connectivity index (χ0v) is 11.6. The number of aliphatic hydroxyl groups is 1. The first-order valence-corrected chi connectivity index (χ1v) is 6.38. The van der Waals surface area contributed by atoms with Crippen LogP contribution in [-0.2, 0) is 0 Å². The molecule has 11 nitrogen and oxygen atoms in total. The van der Waals surface area contributed by atoms with Crippen LogP contribution in [0.1, 0.15) is 10.5 Å². The Morgan fingerprint density at radius 3 is 2.70 bits per heavy atom. The predicted molar refractivity (Wildman–Crippen MR) is 79.2 cm³/mol. The second-order valence-corrected chi connectivity index (χ2v) is 4.28. The Kier molecular flexibility index (Phi) is 3.84. The molecule has 116 valence electrons. The smallest absolute Gasteiger partial charge is 0.222 e. The normalized spacial score (nSPS) is 10.5. The van der Waals surface area contributed by atoms with Gasteiger partial charge in [0.2, 0.25) is 11.7 Å². The lowest BCUT2D eigenvalue weighted by atomic mass is 10.2. The number of imidazole rings is 2. The van der Waals surface area contributed by atoms with Crippen molar-refractivity contribution in [1.29, 1.82) is 0 Å². The van der Waals surface area contributed by atoms with Gasteiger partial charge in [-0.1, -0.05) is 0 Å². The average molecular weight is 313 g/mol. The number of aromatic nitrogens is 8. The first-order chi connectivity index (χ1) is 11.2. The molecule has 0 atom stereocenters. The molecule has 4 aromatic rings. The number of hydrogen-bond donors (Lipinski definition) is 4. The van der Waals surface area contributed by atoms with E-state index in [0.29, 0.717) is 16.8 Å². The number of aromatic amines is 2. The fraction of sp³-hybridized carbons (Fsp3) is 0.0833. The second kappa shape index (κ2) is 6.11. The van der Waals surface area contributed by atoms with Crippen molar-refractivity contribution in [2.45, 2.75) is 0 Å². The monoisotopic (exact) mass is 313 g/mol. The van der Waals surface area contributed by atoms with Crippen LogP contribution < -0.4 is 5.73 Å². The molecule has 0 amide bonds. The molecule has 23 heavy (non-hydrogen) atoms. The number of nitrogens with zero attached hydrogens (tertiary/aromatic N) is 6. The molecular formula is C12H11N9O2. The number of nitrogens with one attached hydrogen (secondary N) is 2. The number of H-pyrrole nitrogens is 2. The molecule has 11 heteroatoms. The molecule has 0 saturated heterocycles. The molecule has 4 heterocycles. The van der Waals surface area contributed by atoms with E-state index in [0.717, 1.165) is 5.52 Å². The van der Waals surface area contributed by atoms with Gasteiger partial charge in [-0.15, -0.1) is 0 Å². The van der Waals surface area contributed by atoms with Gasteiger partial charge in [0, 0.05) is 0 Å². The van der Waals surface area contributed by atoms with Crippen LogP contribution in [0.25, 0.3) is 22.3 Å². The van der Waals surface area contributed by atoms with Crippen LogP contribution in [0.2, 0.25) is 0 Å². The Balaban J connectivity index is 0.000000149. The summed E-state index contributed by atoms with van der Waals surface area (Å²) in [7, 11) is 0. The number of rotatable bonds is 2. The SMILES string of the molecule is Nc1nc(C(=O)CO)c2[nH]cnc2n1.c1ncc2[nH]cnc2n1. The maximum absolute atomic E-state index is 11.2. The Hall–Kier alpha value is -3.47. The summed E-state index contributed by atoms with van der Waals surface area (Å²) >= 11 is 0. The first-order valence-electron chi connectivity index (χ1n) is 6.38. The van der Waals surface area contributed by atoms with Gasteiger partial charge in [0.1, 0.15) is 29.7 Å². The number of carbonyl (C=O) groups is 1. The number of hydrogen-bond acceptors (Lipinski definition) is 9. The number of nitrogens with two attached hydrogens (primary N) is 1. The van der Waals surface area contributed by atoms with E-state index in [1.165, 1.54) is 12.7 Å². The van der Waals surface area contributed by atoms with Gasteiger partial charge in [0.05, 0.1) is 18.9 Å². The lowest BCUT2D eigenvalue weighted by molar-refractivity contribution is 0.0900. The largest absolute Gasteiger partial charge is 0.388 e. The maximum Gasteiger partial charge on any atom is 0.222 e. The quantitative estimate of drug-likeness (QED) is 0.354. The van der Waals surface area contributed by atoms with Crippen molar-refractivity contribution in [2.75, 3.05) is 12.3 Å². The van der Waals surface area contributed by atoms with Crippen molar-refractivity contribution >= 4 is 34.1 Å². The predicted octanol–water partition coefficient (Wildman–Crippen LogP) is -0.537. The maximum atomic E-state index is 11.2. The van der Waals surface area contributed by atoms with Gasteiger partial charge in [0.25, 0.3) is 0 Å². The fourth-order valence-electron chi connectivity index (χ4n) is 1.82. The number of aliphatic hydroxyl groups excluding tert-OH is 1. The number of nitrogen functional groups attached to an aromatic ring is 1. The molecule has 0 aliphatic carbocycles. The minimum absolute atomic E-state index is 0.0404. The zero-order valence-electron chi connectivity index (χ0n) is 11.6. The van der Waals surface area contributed by atoms with Gasteiger partial charge in [0.15, 0.2) is 11.3 Å². The summed E-state index contributed by atoms with van der Waals surface area (Å²) in [6.45, 7) is -0.620. The van der Waals surface area contributed by atoms with Crippen LogP contribution in [0.5, 0.6) is 0 Å². The number of ketones is 1. The standard InChI is InChI=1S/C7H7N5O2.C5H4N4/c8-7-11-4(3(14)1-13)5-6(12-7)10-2-9-5;1-4-5(8-2-6-1)9-3-7-4/h2,13H,1H2,(H3,8,9,10,11,12);1-3H,(H,6,7,8,9). The van der Waals surface area contributed by atoms with E-state index in [-0.39, 0.29) is 11.6 Å². The van der Waals surface area contributed by atoms with Crippen LogP contribution in [-0.4, -0.2) is 57.4 Å². The van der Waals surface area contributed by atoms with Crippen molar-refractivity contribution in [3.63, 3.8) is 0 Å². The third-order valence-corrected chi connectivity index (χ3v) is 2.81. The van der Waals surface area contributed by atoms with E-state index < -0.39 is 12.4 Å². The lowest BCUT2D eigenvalue weighted by Crippen LogP contribution is -2.10. The molecule has 4 aromatic heterocycles. The highest BCUT2D eigenvalue weighted by molar-refractivity contribution is 6.04. The fourth-order valence-corrected chi connectivity index (χ4v) is 1.82. The first kappa shape index (κ1) is 14.5. The number of Topliss-reactive ketones (excluding diaryl/α,β-unsaturated/α-hetero) is 1. The molecule has 0 unspecified atom stereocenters. The molecule has 0 spiro atoms. The third-order valence-electron chi connectivity index (χ3n) is 2.81. The highest BCUT2D eigenvalue weighted by Crippen LogP contribution is 2.12. The molecular weight excluding hydrogens is 302 g/mol. The lowest BCUT2D eigenvalue weighted by Gasteiger charge is -1.98. The summed E-state index contributed by atoms with van der Waals surface area (Å²) in [5.41, 5.74) is 7.72. The molecule has 5 N–H and O–H groups in total. The molecule has 0 radical (unpaired) electrons. The summed E-state index contributed by atoms with van der Waals surface area (Å²) in [5, 5.41) is 8.69. The Labute approximate surface area is 128 Å². The van der Waals surface area contributed by atoms with Gasteiger partial charge < -0.3 is 20.8 Å². The number of carbonyl (C=O) groups excluding carboxylic acids is 1. The molecule has 0 aliphatic rings. The van der Waals surface area contributed by atoms with E-state index in [1.54, 1.807) is 12.5 Å². The molecule has 0 fully saturated rings. The molecule has 0 aromatic carbocycles. The third kappa shape index (κ3) is 2.94. The van der Waals surface area contributed by atoms with Crippen molar-refractivity contribution < 1.29 is 9.90 Å². The van der Waals surface area contributed by atoms with Crippen LogP contribution >= 0.6 is 0 Å². The molecule has 0 aliphatic heterocycles. The van der Waals surface area contributed by atoms with Crippen LogP contribution in [0.4, 0.5) is 5.95 Å². The Morgan fingerprint density at radius 2 is 1.91 bits per heavy atom. The van der Waals surface area contributed by atoms with E-state index >= 15 is 0 Å². The Morgan fingerprint density at radius 1 is 1.13 bits per heavy atom.